The molecule has 2 amide bonds. The molecule has 0 saturated carbocycles. The number of carbonyl (C=O) groups excluding carboxylic acids is 2. The Balaban J connectivity index is 1.76. The lowest BCUT2D eigenvalue weighted by Gasteiger charge is -2.18. The predicted octanol–water partition coefficient (Wildman–Crippen LogP) is 2.92. The summed E-state index contributed by atoms with van der Waals surface area (Å²) in [6.07, 6.45) is 2.04. The molecule has 3 rings (SSSR count). The Morgan fingerprint density at radius 1 is 1.00 bits per heavy atom. The second-order valence-electron chi connectivity index (χ2n) is 5.87. The van der Waals surface area contributed by atoms with Crippen LogP contribution >= 0.6 is 0 Å². The summed E-state index contributed by atoms with van der Waals surface area (Å²) in [6, 6.07) is 7.80. The van der Waals surface area contributed by atoms with Gasteiger partial charge in [0.25, 0.3) is 11.8 Å². The zero-order chi connectivity index (χ0) is 18.0. The number of hydrogen-bond donors (Lipinski definition) is 2. The molecule has 25 heavy (non-hydrogen) atoms. The van der Waals surface area contributed by atoms with Gasteiger partial charge in [-0.05, 0) is 49.2 Å². The number of carbonyl (C=O) groups is 2. The van der Waals surface area contributed by atoms with Gasteiger partial charge in [0.05, 0.1) is 11.3 Å². The number of halogens is 2. The number of benzene rings is 2. The van der Waals surface area contributed by atoms with Gasteiger partial charge in [0.15, 0.2) is 0 Å². The molecule has 5 nitrogen and oxygen atoms in total. The first-order valence-corrected chi connectivity index (χ1v) is 7.91. The molecule has 2 aromatic carbocycles. The van der Waals surface area contributed by atoms with Gasteiger partial charge in [0, 0.05) is 24.3 Å². The maximum absolute atomic E-state index is 14.3. The summed E-state index contributed by atoms with van der Waals surface area (Å²) < 4.78 is 28.0. The number of nitrogens with zero attached hydrogens (tertiary/aromatic N) is 1. The highest BCUT2D eigenvalue weighted by atomic mass is 19.1. The molecule has 1 fully saturated rings. The minimum absolute atomic E-state index is 0.125. The second kappa shape index (κ2) is 6.88. The van der Waals surface area contributed by atoms with Crippen LogP contribution in [0.3, 0.4) is 0 Å². The molecule has 2 aromatic rings. The van der Waals surface area contributed by atoms with Gasteiger partial charge in [0.1, 0.15) is 11.6 Å². The van der Waals surface area contributed by atoms with Crippen LogP contribution in [0.4, 0.5) is 20.2 Å². The smallest absolute Gasteiger partial charge is 0.255 e. The van der Waals surface area contributed by atoms with E-state index >= 15 is 0 Å². The number of anilines is 2. The van der Waals surface area contributed by atoms with Gasteiger partial charge in [-0.2, -0.15) is 0 Å². The third-order valence-corrected chi connectivity index (χ3v) is 4.15. The summed E-state index contributed by atoms with van der Waals surface area (Å²) in [5.41, 5.74) is 5.51. The monoisotopic (exact) mass is 345 g/mol. The van der Waals surface area contributed by atoms with E-state index in [2.05, 4.69) is 5.32 Å². The largest absolute Gasteiger partial charge is 0.369 e. The Morgan fingerprint density at radius 2 is 1.72 bits per heavy atom. The standard InChI is InChI=1S/C18H17F2N3O2/c19-14-10-12(4-5-13(14)17(21)24)22-18(25)11-3-6-16(15(20)9-11)23-7-1-2-8-23/h3-6,9-10H,1-2,7-8H2,(H2,21,24)(H,22,25). The van der Waals surface area contributed by atoms with E-state index < -0.39 is 23.4 Å². The van der Waals surface area contributed by atoms with E-state index in [1.54, 1.807) is 6.07 Å². The minimum Gasteiger partial charge on any atom is -0.369 e. The Hall–Kier alpha value is -2.96. The van der Waals surface area contributed by atoms with Crippen molar-refractivity contribution in [1.29, 1.82) is 0 Å². The third kappa shape index (κ3) is 3.60. The molecule has 0 spiro atoms. The first kappa shape index (κ1) is 16.9. The molecule has 0 aliphatic carbocycles. The van der Waals surface area contributed by atoms with Gasteiger partial charge in [-0.25, -0.2) is 8.78 Å². The van der Waals surface area contributed by atoms with Crippen molar-refractivity contribution in [2.75, 3.05) is 23.3 Å². The van der Waals surface area contributed by atoms with Gasteiger partial charge < -0.3 is 16.0 Å². The lowest BCUT2D eigenvalue weighted by Crippen LogP contribution is -2.20. The van der Waals surface area contributed by atoms with E-state index in [1.807, 2.05) is 4.90 Å². The fourth-order valence-corrected chi connectivity index (χ4v) is 2.86. The quantitative estimate of drug-likeness (QED) is 0.895. The van der Waals surface area contributed by atoms with Crippen molar-refractivity contribution in [3.8, 4) is 0 Å². The van der Waals surface area contributed by atoms with Crippen LogP contribution in [0.25, 0.3) is 0 Å². The van der Waals surface area contributed by atoms with Crippen LogP contribution in [0, 0.1) is 11.6 Å². The van der Waals surface area contributed by atoms with Crippen molar-refractivity contribution < 1.29 is 18.4 Å². The summed E-state index contributed by atoms with van der Waals surface area (Å²) in [5, 5.41) is 2.47. The summed E-state index contributed by atoms with van der Waals surface area (Å²) in [6.45, 7) is 1.60. The number of hydrogen-bond acceptors (Lipinski definition) is 3. The van der Waals surface area contributed by atoms with E-state index in [0.29, 0.717) is 5.69 Å². The van der Waals surface area contributed by atoms with Crippen LogP contribution in [0.1, 0.15) is 33.6 Å². The Morgan fingerprint density at radius 3 is 2.32 bits per heavy atom. The topological polar surface area (TPSA) is 75.4 Å². The van der Waals surface area contributed by atoms with Crippen LogP contribution in [0.5, 0.6) is 0 Å². The van der Waals surface area contributed by atoms with Gasteiger partial charge >= 0.3 is 0 Å². The molecule has 1 saturated heterocycles. The van der Waals surface area contributed by atoms with Crippen LogP contribution in [0.2, 0.25) is 0 Å². The fraction of sp³-hybridized carbons (Fsp3) is 0.222. The average Bonchev–Trinajstić information content (AvgIpc) is 3.08. The molecule has 1 aliphatic rings. The molecular formula is C18H17F2N3O2. The van der Waals surface area contributed by atoms with Crippen LogP contribution < -0.4 is 16.0 Å². The summed E-state index contributed by atoms with van der Waals surface area (Å²) in [4.78, 5) is 25.2. The first-order valence-electron chi connectivity index (χ1n) is 7.91. The van der Waals surface area contributed by atoms with Crippen LogP contribution in [0.15, 0.2) is 36.4 Å². The van der Waals surface area contributed by atoms with E-state index in [9.17, 15) is 18.4 Å². The van der Waals surface area contributed by atoms with Crippen molar-refractivity contribution in [2.24, 2.45) is 5.73 Å². The van der Waals surface area contributed by atoms with Crippen molar-refractivity contribution in [3.05, 3.63) is 59.2 Å². The minimum atomic E-state index is -0.894. The number of primary amides is 1. The normalized spacial score (nSPS) is 13.8. The van der Waals surface area contributed by atoms with Crippen molar-refractivity contribution in [2.45, 2.75) is 12.8 Å². The molecule has 0 bridgehead atoms. The second-order valence-corrected chi connectivity index (χ2v) is 5.87. The number of amides is 2. The molecular weight excluding hydrogens is 328 g/mol. The Kier molecular flexibility index (Phi) is 4.65. The van der Waals surface area contributed by atoms with Crippen molar-refractivity contribution in [1.82, 2.24) is 0 Å². The first-order chi connectivity index (χ1) is 12.0. The zero-order valence-corrected chi connectivity index (χ0v) is 13.4. The maximum atomic E-state index is 14.3. The van der Waals surface area contributed by atoms with Gasteiger partial charge in [0.2, 0.25) is 0 Å². The van der Waals surface area contributed by atoms with E-state index in [0.717, 1.165) is 38.1 Å². The highest BCUT2D eigenvalue weighted by Gasteiger charge is 2.18. The molecule has 130 valence electrons. The number of nitrogens with one attached hydrogen (secondary N) is 1. The van der Waals surface area contributed by atoms with E-state index in [-0.39, 0.29) is 16.8 Å². The van der Waals surface area contributed by atoms with Crippen LogP contribution in [-0.4, -0.2) is 24.9 Å². The number of rotatable bonds is 4. The molecule has 7 heteroatoms. The molecule has 3 N–H and O–H groups in total. The van der Waals surface area contributed by atoms with Crippen molar-refractivity contribution in [3.63, 3.8) is 0 Å². The highest BCUT2D eigenvalue weighted by Crippen LogP contribution is 2.25. The summed E-state index contributed by atoms with van der Waals surface area (Å²) in [5.74, 6) is -2.77. The zero-order valence-electron chi connectivity index (χ0n) is 13.4. The SMILES string of the molecule is NC(=O)c1ccc(NC(=O)c2ccc(N3CCCC3)c(F)c2)cc1F. The average molecular weight is 345 g/mol. The fourth-order valence-electron chi connectivity index (χ4n) is 2.86. The molecule has 0 aromatic heterocycles. The molecule has 0 atom stereocenters. The maximum Gasteiger partial charge on any atom is 0.255 e. The molecule has 0 unspecified atom stereocenters. The molecule has 1 heterocycles. The van der Waals surface area contributed by atoms with E-state index in [1.165, 1.54) is 18.2 Å². The Labute approximate surface area is 143 Å². The van der Waals surface area contributed by atoms with Gasteiger partial charge in [-0.1, -0.05) is 0 Å². The van der Waals surface area contributed by atoms with Crippen LogP contribution in [-0.2, 0) is 0 Å². The molecule has 1 aliphatic heterocycles. The van der Waals surface area contributed by atoms with Crippen molar-refractivity contribution >= 4 is 23.2 Å². The van der Waals surface area contributed by atoms with E-state index in [4.69, 9.17) is 5.73 Å². The van der Waals surface area contributed by atoms with Gasteiger partial charge in [-0.15, -0.1) is 0 Å². The Bertz CT molecular complexity index is 833. The predicted molar refractivity (Wildman–Crippen MR) is 90.7 cm³/mol. The lowest BCUT2D eigenvalue weighted by atomic mass is 10.1. The summed E-state index contributed by atoms with van der Waals surface area (Å²) in [7, 11) is 0. The molecule has 0 radical (unpaired) electrons. The lowest BCUT2D eigenvalue weighted by molar-refractivity contribution is 0.0995. The van der Waals surface area contributed by atoms with Gasteiger partial charge in [-0.3, -0.25) is 9.59 Å². The number of nitrogens with two attached hydrogens (primary N) is 1. The third-order valence-electron chi connectivity index (χ3n) is 4.15. The summed E-state index contributed by atoms with van der Waals surface area (Å²) >= 11 is 0. The highest BCUT2D eigenvalue weighted by molar-refractivity contribution is 6.04.